The van der Waals surface area contributed by atoms with Crippen LogP contribution in [0.5, 0.6) is 0 Å². The fourth-order valence-corrected chi connectivity index (χ4v) is 4.70. The van der Waals surface area contributed by atoms with Crippen molar-refractivity contribution in [1.82, 2.24) is 9.97 Å². The number of rotatable bonds is 3. The second-order valence-electron chi connectivity index (χ2n) is 10.2. The molecule has 5 rings (SSSR count). The normalized spacial score (nSPS) is 11.7. The summed E-state index contributed by atoms with van der Waals surface area (Å²) in [5.74, 6) is 0. The van der Waals surface area contributed by atoms with E-state index in [-0.39, 0.29) is 5.41 Å². The highest BCUT2D eigenvalue weighted by Gasteiger charge is 2.15. The van der Waals surface area contributed by atoms with Crippen LogP contribution < -0.4 is 0 Å². The Morgan fingerprint density at radius 2 is 1.24 bits per heavy atom. The molecule has 0 bridgehead atoms. The van der Waals surface area contributed by atoms with Gasteiger partial charge < -0.3 is 0 Å². The third-order valence-corrected chi connectivity index (χ3v) is 6.47. The Morgan fingerprint density at radius 1 is 0.588 bits per heavy atom. The van der Waals surface area contributed by atoms with Crippen LogP contribution in [0.4, 0.5) is 0 Å². The lowest BCUT2D eigenvalue weighted by Gasteiger charge is -2.19. The number of nitrogens with zero attached hydrogens (tertiary/aromatic N) is 2. The third kappa shape index (κ3) is 4.24. The lowest BCUT2D eigenvalue weighted by Crippen LogP contribution is -2.11. The lowest BCUT2D eigenvalue weighted by atomic mass is 9.87. The van der Waals surface area contributed by atoms with E-state index in [2.05, 4.69) is 117 Å². The van der Waals surface area contributed by atoms with Gasteiger partial charge in [0, 0.05) is 29.5 Å². The van der Waals surface area contributed by atoms with E-state index in [0.717, 1.165) is 11.3 Å². The topological polar surface area (TPSA) is 25.8 Å². The molecule has 0 aliphatic carbocycles. The molecule has 3 aromatic carbocycles. The monoisotopic (exact) mass is 442 g/mol. The van der Waals surface area contributed by atoms with Crippen LogP contribution in [0.3, 0.4) is 0 Å². The van der Waals surface area contributed by atoms with E-state index in [1.54, 1.807) is 0 Å². The zero-order valence-corrected chi connectivity index (χ0v) is 20.6. The summed E-state index contributed by atoms with van der Waals surface area (Å²) < 4.78 is 0. The molecule has 0 spiro atoms. The zero-order valence-electron chi connectivity index (χ0n) is 20.6. The summed E-state index contributed by atoms with van der Waals surface area (Å²) in [7, 11) is 0. The highest BCUT2D eigenvalue weighted by Crippen LogP contribution is 2.36. The quantitative estimate of drug-likeness (QED) is 0.280. The molecule has 0 atom stereocenters. The van der Waals surface area contributed by atoms with Crippen LogP contribution >= 0.6 is 0 Å². The van der Waals surface area contributed by atoms with E-state index in [9.17, 15) is 0 Å². The van der Waals surface area contributed by atoms with Gasteiger partial charge in [-0.15, -0.1) is 0 Å². The van der Waals surface area contributed by atoms with Gasteiger partial charge in [-0.2, -0.15) is 0 Å². The van der Waals surface area contributed by atoms with E-state index in [4.69, 9.17) is 0 Å². The fourth-order valence-electron chi connectivity index (χ4n) is 4.70. The molecular formula is C32H30N2. The summed E-state index contributed by atoms with van der Waals surface area (Å²) in [5.41, 5.74) is 11.0. The molecule has 168 valence electrons. The molecule has 0 saturated heterocycles. The molecule has 34 heavy (non-hydrogen) atoms. The Morgan fingerprint density at radius 3 is 1.91 bits per heavy atom. The van der Waals surface area contributed by atoms with Crippen molar-refractivity contribution in [3.8, 4) is 33.5 Å². The smallest absolute Gasteiger partial charge is 0.0704 e. The van der Waals surface area contributed by atoms with E-state index in [1.807, 2.05) is 18.6 Å². The number of aryl methyl sites for hydroxylation is 2. The largest absolute Gasteiger partial charge is 0.264 e. The number of hydrogen-bond acceptors (Lipinski definition) is 2. The van der Waals surface area contributed by atoms with Gasteiger partial charge in [0.05, 0.1) is 5.69 Å². The summed E-state index contributed by atoms with van der Waals surface area (Å²) in [6.07, 6.45) is 5.78. The van der Waals surface area contributed by atoms with Gasteiger partial charge in [-0.3, -0.25) is 9.97 Å². The van der Waals surface area contributed by atoms with Crippen LogP contribution in [0.2, 0.25) is 0 Å². The summed E-state index contributed by atoms with van der Waals surface area (Å²) in [6, 6.07) is 26.4. The Hall–Kier alpha value is -3.78. The molecule has 2 heterocycles. The maximum Gasteiger partial charge on any atom is 0.0704 e. The Balaban J connectivity index is 1.57. The van der Waals surface area contributed by atoms with Crippen molar-refractivity contribution in [3.63, 3.8) is 0 Å². The predicted molar refractivity (Wildman–Crippen MR) is 144 cm³/mol. The van der Waals surface area contributed by atoms with E-state index in [1.165, 1.54) is 49.7 Å². The van der Waals surface area contributed by atoms with Crippen LogP contribution in [0.1, 0.15) is 37.5 Å². The summed E-state index contributed by atoms with van der Waals surface area (Å²) in [5, 5.41) is 2.39. The second kappa shape index (κ2) is 8.53. The maximum atomic E-state index is 4.63. The van der Waals surface area contributed by atoms with E-state index in [0.29, 0.717) is 0 Å². The minimum absolute atomic E-state index is 0.0994. The molecule has 0 aliphatic rings. The minimum atomic E-state index is 0.0994. The SMILES string of the molecule is Cc1cc(C)cc(-c2ccc(-c3ccc(-c4cc(C(C)(C)C)ccn4)cc3)c3ccncc23)c1. The van der Waals surface area contributed by atoms with Crippen LogP contribution in [-0.2, 0) is 5.41 Å². The highest BCUT2D eigenvalue weighted by molar-refractivity contribution is 6.04. The fraction of sp³-hybridized carbons (Fsp3) is 0.188. The van der Waals surface area contributed by atoms with Gasteiger partial charge in [-0.05, 0) is 70.7 Å². The molecule has 2 heteroatoms. The molecule has 2 nitrogen and oxygen atoms in total. The summed E-state index contributed by atoms with van der Waals surface area (Å²) >= 11 is 0. The van der Waals surface area contributed by atoms with Crippen molar-refractivity contribution in [2.24, 2.45) is 0 Å². The first kappa shape index (κ1) is 22.0. The van der Waals surface area contributed by atoms with Crippen LogP contribution in [0.25, 0.3) is 44.3 Å². The third-order valence-electron chi connectivity index (χ3n) is 6.47. The van der Waals surface area contributed by atoms with Gasteiger partial charge in [0.25, 0.3) is 0 Å². The van der Waals surface area contributed by atoms with Gasteiger partial charge in [0.2, 0.25) is 0 Å². The number of fused-ring (bicyclic) bond motifs is 1. The summed E-state index contributed by atoms with van der Waals surface area (Å²) in [6.45, 7) is 11.0. The number of pyridine rings is 2. The van der Waals surface area contributed by atoms with E-state index >= 15 is 0 Å². The first-order valence-corrected chi connectivity index (χ1v) is 11.8. The van der Waals surface area contributed by atoms with Gasteiger partial charge in [-0.25, -0.2) is 0 Å². The first-order chi connectivity index (χ1) is 16.3. The number of aromatic nitrogens is 2. The predicted octanol–water partition coefficient (Wildman–Crippen LogP) is 8.55. The van der Waals surface area contributed by atoms with E-state index < -0.39 is 0 Å². The molecule has 5 aromatic rings. The van der Waals surface area contributed by atoms with Gasteiger partial charge in [0.15, 0.2) is 0 Å². The van der Waals surface area contributed by atoms with Gasteiger partial charge in [-0.1, -0.05) is 86.5 Å². The average Bonchev–Trinajstić information content (AvgIpc) is 2.82. The summed E-state index contributed by atoms with van der Waals surface area (Å²) in [4.78, 5) is 9.08. The minimum Gasteiger partial charge on any atom is -0.264 e. The van der Waals surface area contributed by atoms with Gasteiger partial charge >= 0.3 is 0 Å². The standard InChI is InChI=1S/C32H30N2/c1-21-16-22(2)18-25(17-21)28-11-10-27(29-13-14-33-20-30(28)29)23-6-8-24(9-7-23)31-19-26(12-15-34-31)32(3,4)5/h6-20H,1-5H3. The Bertz CT molecular complexity index is 1470. The molecule has 0 radical (unpaired) electrons. The molecule has 0 amide bonds. The lowest BCUT2D eigenvalue weighted by molar-refractivity contribution is 0.589. The maximum absolute atomic E-state index is 4.63. The van der Waals surface area contributed by atoms with Crippen LogP contribution in [-0.4, -0.2) is 9.97 Å². The molecule has 0 fully saturated rings. The molecule has 0 aliphatic heterocycles. The molecule has 0 N–H and O–H groups in total. The van der Waals surface area contributed by atoms with Crippen molar-refractivity contribution in [3.05, 3.63) is 108 Å². The van der Waals surface area contributed by atoms with Gasteiger partial charge in [0.1, 0.15) is 0 Å². The second-order valence-corrected chi connectivity index (χ2v) is 10.2. The van der Waals surface area contributed by atoms with Crippen molar-refractivity contribution < 1.29 is 0 Å². The Kier molecular flexibility index (Phi) is 5.53. The van der Waals surface area contributed by atoms with Crippen LogP contribution in [0, 0.1) is 13.8 Å². The number of hydrogen-bond donors (Lipinski definition) is 0. The first-order valence-electron chi connectivity index (χ1n) is 11.8. The Labute approximate surface area is 202 Å². The molecule has 0 saturated carbocycles. The van der Waals surface area contributed by atoms with Crippen molar-refractivity contribution in [2.45, 2.75) is 40.0 Å². The zero-order chi connectivity index (χ0) is 23.9. The highest BCUT2D eigenvalue weighted by atomic mass is 14.7. The molecular weight excluding hydrogens is 412 g/mol. The molecule has 2 aromatic heterocycles. The van der Waals surface area contributed by atoms with Crippen molar-refractivity contribution >= 4 is 10.8 Å². The van der Waals surface area contributed by atoms with Crippen molar-refractivity contribution in [2.75, 3.05) is 0 Å². The molecule has 0 unspecified atom stereocenters. The van der Waals surface area contributed by atoms with Crippen molar-refractivity contribution in [1.29, 1.82) is 0 Å². The van der Waals surface area contributed by atoms with Crippen LogP contribution in [0.15, 0.2) is 91.4 Å². The number of benzene rings is 3. The average molecular weight is 443 g/mol.